The van der Waals surface area contributed by atoms with Crippen LogP contribution in [0.3, 0.4) is 0 Å². The maximum atomic E-state index is 5.20. The van der Waals surface area contributed by atoms with E-state index in [-0.39, 0.29) is 0 Å². The molecule has 0 spiro atoms. The van der Waals surface area contributed by atoms with Gasteiger partial charge in [-0.1, -0.05) is 170 Å². The van der Waals surface area contributed by atoms with Crippen LogP contribution in [0.1, 0.15) is 0 Å². The van der Waals surface area contributed by atoms with Crippen LogP contribution in [0.4, 0.5) is 0 Å². The summed E-state index contributed by atoms with van der Waals surface area (Å²) >= 11 is 0. The van der Waals surface area contributed by atoms with Crippen LogP contribution in [0.25, 0.3) is 128 Å². The lowest BCUT2D eigenvalue weighted by Gasteiger charge is -2.18. The van der Waals surface area contributed by atoms with E-state index in [4.69, 9.17) is 15.0 Å². The predicted molar refractivity (Wildman–Crippen MR) is 285 cm³/mol. The lowest BCUT2D eigenvalue weighted by atomic mass is 10.0. The summed E-state index contributed by atoms with van der Waals surface area (Å²) < 4.78 is 7.24. The van der Waals surface area contributed by atoms with Crippen LogP contribution in [0.5, 0.6) is 0 Å². The lowest BCUT2D eigenvalue weighted by Crippen LogP contribution is -2.05. The Bertz CT molecular complexity index is 4190. The molecular weight excluding hydrogens is 841 g/mol. The number of para-hydroxylation sites is 5. The molecule has 0 saturated heterocycles. The summed E-state index contributed by atoms with van der Waals surface area (Å²) in [6, 6.07) is 86.5. The van der Waals surface area contributed by atoms with Gasteiger partial charge in [0.05, 0.1) is 44.5 Å². The highest BCUT2D eigenvalue weighted by molar-refractivity contribution is 6.13. The van der Waals surface area contributed by atoms with Crippen molar-refractivity contribution in [1.29, 1.82) is 0 Å². The first-order valence-corrected chi connectivity index (χ1v) is 23.4. The molecule has 322 valence electrons. The van der Waals surface area contributed by atoms with Crippen molar-refractivity contribution in [2.75, 3.05) is 0 Å². The summed E-state index contributed by atoms with van der Waals surface area (Å²) in [5, 5.41) is 7.21. The Morgan fingerprint density at radius 1 is 0.217 bits per heavy atom. The SMILES string of the molecule is c1ccc(-c2nc(-c3ccccc3)nc(-c3ccc(-n4c5ccccc5c5ccc(-c6ccc7c(c6)c6ccccc6n7-c6ccccc6)cc54)c(-n4c5ccccc5c5ccccc54)c3)n2)cc1. The van der Waals surface area contributed by atoms with Gasteiger partial charge in [0.1, 0.15) is 0 Å². The molecule has 6 heteroatoms. The normalized spacial score (nSPS) is 11.8. The average molecular weight is 881 g/mol. The summed E-state index contributed by atoms with van der Waals surface area (Å²) in [5.74, 6) is 1.85. The molecule has 0 saturated carbocycles. The van der Waals surface area contributed by atoms with Gasteiger partial charge in [-0.3, -0.25) is 0 Å². The van der Waals surface area contributed by atoms with Crippen LogP contribution < -0.4 is 0 Å². The van der Waals surface area contributed by atoms with E-state index >= 15 is 0 Å². The minimum Gasteiger partial charge on any atom is -0.309 e. The molecule has 0 bridgehead atoms. The monoisotopic (exact) mass is 880 g/mol. The fourth-order valence-electron chi connectivity index (χ4n) is 10.6. The first-order valence-electron chi connectivity index (χ1n) is 23.4. The molecule has 0 radical (unpaired) electrons. The van der Waals surface area contributed by atoms with E-state index in [1.54, 1.807) is 0 Å². The predicted octanol–water partition coefficient (Wildman–Crippen LogP) is 15.8. The molecule has 69 heavy (non-hydrogen) atoms. The summed E-state index contributed by atoms with van der Waals surface area (Å²) in [7, 11) is 0. The molecule has 0 unspecified atom stereocenters. The van der Waals surface area contributed by atoms with Crippen molar-refractivity contribution in [1.82, 2.24) is 28.7 Å². The van der Waals surface area contributed by atoms with Crippen molar-refractivity contribution in [3.8, 4) is 62.4 Å². The molecule has 0 aliphatic heterocycles. The van der Waals surface area contributed by atoms with Crippen LogP contribution in [0, 0.1) is 0 Å². The molecule has 0 atom stereocenters. The molecule has 6 nitrogen and oxygen atoms in total. The Kier molecular flexibility index (Phi) is 8.79. The number of rotatable bonds is 7. The third-order valence-corrected chi connectivity index (χ3v) is 13.7. The Labute approximate surface area is 397 Å². The third kappa shape index (κ3) is 6.23. The van der Waals surface area contributed by atoms with E-state index in [0.29, 0.717) is 17.5 Å². The zero-order chi connectivity index (χ0) is 45.4. The van der Waals surface area contributed by atoms with Gasteiger partial charge >= 0.3 is 0 Å². The lowest BCUT2D eigenvalue weighted by molar-refractivity contribution is 1.06. The van der Waals surface area contributed by atoms with E-state index in [0.717, 1.165) is 66.9 Å². The highest BCUT2D eigenvalue weighted by Crippen LogP contribution is 2.42. The number of nitrogens with zero attached hydrogens (tertiary/aromatic N) is 6. The Morgan fingerprint density at radius 2 is 0.609 bits per heavy atom. The standard InChI is InChI=1S/C63H40N6/c1-4-18-41(19-5-1)61-64-62(42-20-6-2-7-21-42)66-63(65-61)45-34-37-58(60(40-45)68-54-29-15-10-24-47(54)48-25-11-16-30-55(48)68)69-56-31-17-12-26-49(56)51-35-32-44(39-59(51)69)43-33-36-57-52(38-43)50-27-13-14-28-53(50)67(57)46-22-8-3-9-23-46/h1-40H. The molecule has 0 fully saturated rings. The van der Waals surface area contributed by atoms with Crippen LogP contribution in [0.2, 0.25) is 0 Å². The van der Waals surface area contributed by atoms with Crippen LogP contribution in [0.15, 0.2) is 243 Å². The molecule has 0 amide bonds. The van der Waals surface area contributed by atoms with Gasteiger partial charge in [-0.25, -0.2) is 15.0 Å². The van der Waals surface area contributed by atoms with Crippen molar-refractivity contribution < 1.29 is 0 Å². The zero-order valence-corrected chi connectivity index (χ0v) is 37.3. The van der Waals surface area contributed by atoms with Gasteiger partial charge in [0.25, 0.3) is 0 Å². The van der Waals surface area contributed by atoms with Gasteiger partial charge in [-0.15, -0.1) is 0 Å². The summed E-state index contributed by atoms with van der Waals surface area (Å²) in [5.41, 5.74) is 15.1. The first kappa shape index (κ1) is 38.8. The molecule has 14 aromatic rings. The van der Waals surface area contributed by atoms with Crippen molar-refractivity contribution in [3.05, 3.63) is 243 Å². The van der Waals surface area contributed by atoms with Crippen LogP contribution in [-0.4, -0.2) is 28.7 Å². The Balaban J connectivity index is 1.03. The maximum Gasteiger partial charge on any atom is 0.164 e. The van der Waals surface area contributed by atoms with Crippen LogP contribution >= 0.6 is 0 Å². The topological polar surface area (TPSA) is 53.5 Å². The molecular formula is C63H40N6. The first-order chi connectivity index (χ1) is 34.2. The number of benzene rings is 10. The highest BCUT2D eigenvalue weighted by Gasteiger charge is 2.22. The number of fused-ring (bicyclic) bond motifs is 9. The Hall–Kier alpha value is -9.39. The quantitative estimate of drug-likeness (QED) is 0.160. The summed E-state index contributed by atoms with van der Waals surface area (Å²) in [4.78, 5) is 15.4. The van der Waals surface area contributed by atoms with Gasteiger partial charge in [0.2, 0.25) is 0 Å². The minimum atomic E-state index is 0.602. The zero-order valence-electron chi connectivity index (χ0n) is 37.3. The number of hydrogen-bond donors (Lipinski definition) is 0. The van der Waals surface area contributed by atoms with Gasteiger partial charge < -0.3 is 13.7 Å². The van der Waals surface area contributed by atoms with Crippen molar-refractivity contribution in [3.63, 3.8) is 0 Å². The second-order valence-corrected chi connectivity index (χ2v) is 17.6. The summed E-state index contributed by atoms with van der Waals surface area (Å²) in [6.07, 6.45) is 0. The van der Waals surface area contributed by atoms with Gasteiger partial charge in [0, 0.05) is 54.7 Å². The molecule has 4 aromatic heterocycles. The molecule has 14 rings (SSSR count). The van der Waals surface area contributed by atoms with E-state index in [1.807, 2.05) is 36.4 Å². The van der Waals surface area contributed by atoms with Crippen LogP contribution in [-0.2, 0) is 0 Å². The van der Waals surface area contributed by atoms with Gasteiger partial charge in [0.15, 0.2) is 17.5 Å². The Morgan fingerprint density at radius 3 is 1.17 bits per heavy atom. The molecule has 0 aliphatic rings. The molecule has 0 N–H and O–H groups in total. The smallest absolute Gasteiger partial charge is 0.164 e. The maximum absolute atomic E-state index is 5.20. The van der Waals surface area contributed by atoms with Crippen molar-refractivity contribution in [2.45, 2.75) is 0 Å². The molecule has 0 aliphatic carbocycles. The fraction of sp³-hybridized carbons (Fsp3) is 0. The second-order valence-electron chi connectivity index (χ2n) is 17.6. The molecule has 4 heterocycles. The average Bonchev–Trinajstić information content (AvgIpc) is 4.06. The van der Waals surface area contributed by atoms with Crippen molar-refractivity contribution >= 4 is 65.4 Å². The minimum absolute atomic E-state index is 0.602. The van der Waals surface area contributed by atoms with Gasteiger partial charge in [-0.05, 0) is 83.9 Å². The summed E-state index contributed by atoms with van der Waals surface area (Å²) in [6.45, 7) is 0. The van der Waals surface area contributed by atoms with E-state index < -0.39 is 0 Å². The second kappa shape index (κ2) is 15.6. The van der Waals surface area contributed by atoms with Gasteiger partial charge in [-0.2, -0.15) is 0 Å². The highest BCUT2D eigenvalue weighted by atomic mass is 15.1. The molecule has 10 aromatic carbocycles. The van der Waals surface area contributed by atoms with E-state index in [2.05, 4.69) is 220 Å². The number of hydrogen-bond acceptors (Lipinski definition) is 3. The number of aromatic nitrogens is 6. The fourth-order valence-corrected chi connectivity index (χ4v) is 10.6. The van der Waals surface area contributed by atoms with E-state index in [1.165, 1.54) is 43.4 Å². The van der Waals surface area contributed by atoms with E-state index in [9.17, 15) is 0 Å². The third-order valence-electron chi connectivity index (χ3n) is 13.7. The van der Waals surface area contributed by atoms with Crippen molar-refractivity contribution in [2.24, 2.45) is 0 Å². The largest absolute Gasteiger partial charge is 0.309 e.